The summed E-state index contributed by atoms with van der Waals surface area (Å²) in [6.07, 6.45) is 4.99. The molecule has 30 heavy (non-hydrogen) atoms. The topological polar surface area (TPSA) is 65.1 Å². The number of benzene rings is 1. The van der Waals surface area contributed by atoms with Crippen molar-refractivity contribution >= 4 is 17.6 Å². The normalized spacial score (nSPS) is 21.4. The number of rotatable bonds is 2. The third-order valence-electron chi connectivity index (χ3n) is 6.58. The molecule has 164 valence electrons. The van der Waals surface area contributed by atoms with E-state index in [0.717, 1.165) is 51.7 Å². The number of likely N-dealkylation sites (tertiary alicyclic amines) is 1. The van der Waals surface area contributed by atoms with E-state index in [-0.39, 0.29) is 18.5 Å². The second-order valence-corrected chi connectivity index (χ2v) is 8.50. The maximum absolute atomic E-state index is 13.1. The van der Waals surface area contributed by atoms with Gasteiger partial charge in [0.15, 0.2) is 0 Å². The Kier molecular flexibility index (Phi) is 6.77. The minimum Gasteiger partial charge on any atom is -0.372 e. The number of piperidine rings is 1. The molecular formula is C23H34N4O3. The van der Waals surface area contributed by atoms with Gasteiger partial charge in [-0.15, -0.1) is 0 Å². The van der Waals surface area contributed by atoms with Gasteiger partial charge in [0.25, 0.3) is 0 Å². The summed E-state index contributed by atoms with van der Waals surface area (Å²) in [5.74, 6) is -0.109. The van der Waals surface area contributed by atoms with Gasteiger partial charge in [-0.05, 0) is 49.3 Å². The molecular weight excluding hydrogens is 380 g/mol. The summed E-state index contributed by atoms with van der Waals surface area (Å²) in [5.41, 5.74) is 4.28. The molecule has 1 aromatic rings. The van der Waals surface area contributed by atoms with Gasteiger partial charge < -0.3 is 24.8 Å². The van der Waals surface area contributed by atoms with Crippen molar-refractivity contribution in [3.8, 4) is 0 Å². The fourth-order valence-electron chi connectivity index (χ4n) is 4.86. The van der Waals surface area contributed by atoms with Gasteiger partial charge in [-0.3, -0.25) is 4.79 Å². The molecule has 0 radical (unpaired) electrons. The van der Waals surface area contributed by atoms with E-state index in [4.69, 9.17) is 4.74 Å². The molecule has 7 nitrogen and oxygen atoms in total. The highest BCUT2D eigenvalue weighted by Gasteiger charge is 2.32. The SMILES string of the molecule is CCc1ccc2c(c1)CCN2C1CCN(C(=O)N2CCCOCC(=O)NCC2)CC1. The van der Waals surface area contributed by atoms with Crippen molar-refractivity contribution in [1.82, 2.24) is 15.1 Å². The lowest BCUT2D eigenvalue weighted by molar-refractivity contribution is -0.126. The smallest absolute Gasteiger partial charge is 0.320 e. The highest BCUT2D eigenvalue weighted by atomic mass is 16.5. The summed E-state index contributed by atoms with van der Waals surface area (Å²) in [6.45, 7) is 7.22. The Morgan fingerprint density at radius 3 is 2.73 bits per heavy atom. The molecule has 3 aliphatic heterocycles. The van der Waals surface area contributed by atoms with Crippen LogP contribution in [0.4, 0.5) is 10.5 Å². The van der Waals surface area contributed by atoms with Crippen molar-refractivity contribution in [1.29, 1.82) is 0 Å². The van der Waals surface area contributed by atoms with Gasteiger partial charge in [0.2, 0.25) is 5.91 Å². The van der Waals surface area contributed by atoms with E-state index in [1.54, 1.807) is 0 Å². The van der Waals surface area contributed by atoms with E-state index in [1.165, 1.54) is 16.8 Å². The molecule has 2 saturated heterocycles. The second-order valence-electron chi connectivity index (χ2n) is 8.50. The molecule has 0 aromatic heterocycles. The van der Waals surface area contributed by atoms with Gasteiger partial charge in [0, 0.05) is 57.6 Å². The minimum atomic E-state index is -0.109. The Balaban J connectivity index is 1.32. The van der Waals surface area contributed by atoms with Gasteiger partial charge in [-0.2, -0.15) is 0 Å². The standard InChI is InChI=1S/C23H34N4O3/c1-2-18-4-5-21-19(16-18)6-13-27(21)20-7-11-26(12-8-20)23(29)25-10-3-15-30-17-22(28)24-9-14-25/h4-5,16,20H,2-3,6-15,17H2,1H3,(H,24,28). The van der Waals surface area contributed by atoms with Crippen LogP contribution < -0.4 is 10.2 Å². The maximum atomic E-state index is 13.1. The zero-order valence-electron chi connectivity index (χ0n) is 18.1. The monoisotopic (exact) mass is 414 g/mol. The van der Waals surface area contributed by atoms with Crippen molar-refractivity contribution in [2.24, 2.45) is 0 Å². The van der Waals surface area contributed by atoms with Crippen molar-refractivity contribution in [2.45, 2.75) is 45.1 Å². The number of carbonyl (C=O) groups is 2. The summed E-state index contributed by atoms with van der Waals surface area (Å²) in [4.78, 5) is 31.1. The first-order chi connectivity index (χ1) is 14.7. The summed E-state index contributed by atoms with van der Waals surface area (Å²) in [5, 5.41) is 2.82. The van der Waals surface area contributed by atoms with Crippen molar-refractivity contribution in [2.75, 3.05) is 57.4 Å². The average Bonchev–Trinajstić information content (AvgIpc) is 3.20. The van der Waals surface area contributed by atoms with Crippen LogP contribution in [0.2, 0.25) is 0 Å². The molecule has 0 unspecified atom stereocenters. The highest BCUT2D eigenvalue weighted by molar-refractivity contribution is 5.77. The lowest BCUT2D eigenvalue weighted by atomic mass is 10.0. The average molecular weight is 415 g/mol. The van der Waals surface area contributed by atoms with Crippen LogP contribution in [0.5, 0.6) is 0 Å². The van der Waals surface area contributed by atoms with Crippen LogP contribution in [-0.4, -0.2) is 80.3 Å². The van der Waals surface area contributed by atoms with Crippen molar-refractivity contribution in [3.63, 3.8) is 0 Å². The fraction of sp³-hybridized carbons (Fsp3) is 0.652. The third-order valence-corrected chi connectivity index (χ3v) is 6.58. The molecule has 2 fully saturated rings. The quantitative estimate of drug-likeness (QED) is 0.804. The predicted molar refractivity (Wildman–Crippen MR) is 117 cm³/mol. The summed E-state index contributed by atoms with van der Waals surface area (Å²) in [6, 6.07) is 7.52. The Hall–Kier alpha value is -2.28. The summed E-state index contributed by atoms with van der Waals surface area (Å²) < 4.78 is 5.34. The molecule has 0 bridgehead atoms. The number of nitrogens with zero attached hydrogens (tertiary/aromatic N) is 3. The van der Waals surface area contributed by atoms with E-state index in [1.807, 2.05) is 9.80 Å². The number of hydrogen-bond acceptors (Lipinski definition) is 4. The largest absolute Gasteiger partial charge is 0.372 e. The molecule has 7 heteroatoms. The van der Waals surface area contributed by atoms with Crippen LogP contribution in [0.15, 0.2) is 18.2 Å². The van der Waals surface area contributed by atoms with Crippen LogP contribution in [0.3, 0.4) is 0 Å². The highest BCUT2D eigenvalue weighted by Crippen LogP contribution is 2.33. The van der Waals surface area contributed by atoms with Gasteiger partial charge in [0.1, 0.15) is 6.61 Å². The molecule has 0 atom stereocenters. The second kappa shape index (κ2) is 9.69. The first-order valence-electron chi connectivity index (χ1n) is 11.4. The van der Waals surface area contributed by atoms with Gasteiger partial charge in [-0.1, -0.05) is 19.1 Å². The number of anilines is 1. The van der Waals surface area contributed by atoms with E-state index in [0.29, 0.717) is 32.3 Å². The fourth-order valence-corrected chi connectivity index (χ4v) is 4.86. The lowest BCUT2D eigenvalue weighted by Gasteiger charge is -2.40. The van der Waals surface area contributed by atoms with E-state index >= 15 is 0 Å². The molecule has 0 spiro atoms. The number of nitrogens with one attached hydrogen (secondary N) is 1. The third kappa shape index (κ3) is 4.72. The van der Waals surface area contributed by atoms with Crippen LogP contribution in [0, 0.1) is 0 Å². The first kappa shape index (κ1) is 21.0. The molecule has 1 aromatic carbocycles. The Morgan fingerprint density at radius 2 is 1.93 bits per heavy atom. The minimum absolute atomic E-state index is 0.0951. The number of urea groups is 1. The van der Waals surface area contributed by atoms with Gasteiger partial charge in [-0.25, -0.2) is 4.79 Å². The molecule has 3 amide bonds. The molecule has 0 aliphatic carbocycles. The Labute approximate surface area is 179 Å². The number of aryl methyl sites for hydroxylation is 1. The first-order valence-corrected chi connectivity index (χ1v) is 11.4. The molecule has 3 heterocycles. The summed E-state index contributed by atoms with van der Waals surface area (Å²) >= 11 is 0. The van der Waals surface area contributed by atoms with Crippen LogP contribution >= 0.6 is 0 Å². The molecule has 0 saturated carbocycles. The van der Waals surface area contributed by atoms with E-state index in [9.17, 15) is 9.59 Å². The zero-order chi connectivity index (χ0) is 20.9. The van der Waals surface area contributed by atoms with Gasteiger partial charge in [0.05, 0.1) is 0 Å². The molecule has 3 aliphatic rings. The number of amides is 3. The molecule has 1 N–H and O–H groups in total. The zero-order valence-corrected chi connectivity index (χ0v) is 18.1. The predicted octanol–water partition coefficient (Wildman–Crippen LogP) is 2.03. The Morgan fingerprint density at radius 1 is 1.13 bits per heavy atom. The Bertz CT molecular complexity index is 761. The number of hydrogen-bond donors (Lipinski definition) is 1. The molecule has 4 rings (SSSR count). The lowest BCUT2D eigenvalue weighted by Crippen LogP contribution is -2.52. The van der Waals surface area contributed by atoms with Crippen LogP contribution in [0.1, 0.15) is 37.3 Å². The van der Waals surface area contributed by atoms with Crippen LogP contribution in [0.25, 0.3) is 0 Å². The van der Waals surface area contributed by atoms with Crippen molar-refractivity contribution in [3.05, 3.63) is 29.3 Å². The van der Waals surface area contributed by atoms with Crippen LogP contribution in [-0.2, 0) is 22.4 Å². The van der Waals surface area contributed by atoms with Gasteiger partial charge >= 0.3 is 6.03 Å². The maximum Gasteiger partial charge on any atom is 0.320 e. The summed E-state index contributed by atoms with van der Waals surface area (Å²) in [7, 11) is 0. The number of fused-ring (bicyclic) bond motifs is 1. The van der Waals surface area contributed by atoms with E-state index < -0.39 is 0 Å². The number of ether oxygens (including phenoxy) is 1. The van der Waals surface area contributed by atoms with Crippen molar-refractivity contribution < 1.29 is 14.3 Å². The number of carbonyl (C=O) groups excluding carboxylic acids is 2. The van der Waals surface area contributed by atoms with E-state index in [2.05, 4.69) is 35.3 Å².